The summed E-state index contributed by atoms with van der Waals surface area (Å²) in [6.45, 7) is 14.4. The Labute approximate surface area is 428 Å². The van der Waals surface area contributed by atoms with Crippen LogP contribution in [-0.2, 0) is 0 Å². The zero-order valence-corrected chi connectivity index (χ0v) is 43.0. The van der Waals surface area contributed by atoms with Crippen LogP contribution in [0, 0.1) is 0 Å². The maximum atomic E-state index is 2.66. The molecule has 0 atom stereocenters. The Bertz CT molecular complexity index is 3310. The molecule has 0 saturated heterocycles. The lowest BCUT2D eigenvalue weighted by molar-refractivity contribution is 0.812. The van der Waals surface area contributed by atoms with Crippen LogP contribution in [0.3, 0.4) is 0 Å². The van der Waals surface area contributed by atoms with E-state index in [0.29, 0.717) is 17.8 Å². The second-order valence-corrected chi connectivity index (χ2v) is 23.1. The van der Waals surface area contributed by atoms with Gasteiger partial charge in [0.2, 0.25) is 13.4 Å². The van der Waals surface area contributed by atoms with E-state index in [1.54, 1.807) is 0 Å². The van der Waals surface area contributed by atoms with E-state index in [0.717, 1.165) is 28.4 Å². The highest BCUT2D eigenvalue weighted by Crippen LogP contribution is 2.46. The summed E-state index contributed by atoms with van der Waals surface area (Å²) in [5.41, 5.74) is 19.8. The Morgan fingerprint density at radius 2 is 0.700 bits per heavy atom. The van der Waals surface area contributed by atoms with Crippen molar-refractivity contribution in [3.05, 3.63) is 217 Å². The highest BCUT2D eigenvalue weighted by atomic mass is 32.2. The summed E-state index contributed by atoms with van der Waals surface area (Å²) in [6, 6.07) is 75.1. The van der Waals surface area contributed by atoms with E-state index in [2.05, 4.69) is 252 Å². The number of hydrogen-bond acceptors (Lipinski definition) is 5. The number of para-hydroxylation sites is 4. The molecule has 0 amide bonds. The molecule has 0 spiro atoms. The lowest BCUT2D eigenvalue weighted by Crippen LogP contribution is -2.62. The second-order valence-electron chi connectivity index (χ2n) is 19.8. The molecule has 3 heterocycles. The van der Waals surface area contributed by atoms with Gasteiger partial charge in [0.25, 0.3) is 0 Å². The van der Waals surface area contributed by atoms with Gasteiger partial charge in [-0.15, -0.1) is 0 Å². The third kappa shape index (κ3) is 7.91. The van der Waals surface area contributed by atoms with Crippen molar-refractivity contribution in [3.8, 4) is 0 Å². The Morgan fingerprint density at radius 1 is 0.300 bits per heavy atom. The summed E-state index contributed by atoms with van der Waals surface area (Å²) in [5.74, 6) is 1.14. The molecule has 0 N–H and O–H groups in total. The van der Waals surface area contributed by atoms with E-state index in [1.807, 2.05) is 35.3 Å². The van der Waals surface area contributed by atoms with Crippen LogP contribution in [0.5, 0.6) is 0 Å². The molecule has 0 unspecified atom stereocenters. The second kappa shape index (κ2) is 18.5. The molecular formula is C63H54B2N2S3. The molecule has 9 aromatic rings. The summed E-state index contributed by atoms with van der Waals surface area (Å²) in [4.78, 5) is 12.8. The summed E-state index contributed by atoms with van der Waals surface area (Å²) in [5, 5.41) is 0. The van der Waals surface area contributed by atoms with Gasteiger partial charge in [-0.3, -0.25) is 0 Å². The molecule has 340 valence electrons. The van der Waals surface area contributed by atoms with Gasteiger partial charge >= 0.3 is 0 Å². The monoisotopic (exact) mass is 956 g/mol. The lowest BCUT2D eigenvalue weighted by Gasteiger charge is -2.37. The molecule has 0 fully saturated rings. The molecule has 0 aromatic heterocycles. The predicted octanol–water partition coefficient (Wildman–Crippen LogP) is 14.4. The average Bonchev–Trinajstić information content (AvgIpc) is 3.38. The molecule has 0 radical (unpaired) electrons. The third-order valence-electron chi connectivity index (χ3n) is 14.4. The highest BCUT2D eigenvalue weighted by Gasteiger charge is 2.42. The zero-order chi connectivity index (χ0) is 47.6. The van der Waals surface area contributed by atoms with Crippen LogP contribution >= 0.6 is 35.3 Å². The van der Waals surface area contributed by atoms with E-state index in [1.165, 1.54) is 84.5 Å². The first-order valence-electron chi connectivity index (χ1n) is 24.8. The molecule has 3 aliphatic rings. The normalized spacial score (nSPS) is 13.2. The largest absolute Gasteiger partial charge is 0.310 e. The van der Waals surface area contributed by atoms with Crippen molar-refractivity contribution in [2.45, 2.75) is 88.7 Å². The highest BCUT2D eigenvalue weighted by molar-refractivity contribution is 8.01. The summed E-state index contributed by atoms with van der Waals surface area (Å²) < 4.78 is 0. The van der Waals surface area contributed by atoms with Crippen molar-refractivity contribution < 1.29 is 0 Å². The maximum Gasteiger partial charge on any atom is 0.247 e. The first kappa shape index (κ1) is 44.9. The van der Waals surface area contributed by atoms with Crippen LogP contribution in [0.2, 0.25) is 0 Å². The van der Waals surface area contributed by atoms with Gasteiger partial charge in [0, 0.05) is 63.5 Å². The predicted molar refractivity (Wildman–Crippen MR) is 306 cm³/mol. The molecule has 12 rings (SSSR count). The van der Waals surface area contributed by atoms with Gasteiger partial charge in [0.05, 0.1) is 0 Å². The Hall–Kier alpha value is -6.24. The Kier molecular flexibility index (Phi) is 11.9. The fourth-order valence-electron chi connectivity index (χ4n) is 11.1. The van der Waals surface area contributed by atoms with E-state index in [-0.39, 0.29) is 13.4 Å². The SMILES string of the molecule is CC(C)c1cc(C(C)C)c(B2c3ccc(N(c4ccccc4)c4ccccc4)cc3Sc3cc4c(cc32)B2c3ccccc3Sc3cc(N(c5ccccc5)c5ccccc5)cc(c32)S4)c(C(C)C)c1. The molecular weight excluding hydrogens is 903 g/mol. The van der Waals surface area contributed by atoms with Gasteiger partial charge in [0.1, 0.15) is 0 Å². The topological polar surface area (TPSA) is 6.48 Å². The van der Waals surface area contributed by atoms with Crippen molar-refractivity contribution in [2.75, 3.05) is 9.80 Å². The van der Waals surface area contributed by atoms with Crippen LogP contribution in [0.25, 0.3) is 0 Å². The zero-order valence-electron chi connectivity index (χ0n) is 40.6. The van der Waals surface area contributed by atoms with E-state index in [4.69, 9.17) is 0 Å². The van der Waals surface area contributed by atoms with E-state index in [9.17, 15) is 0 Å². The van der Waals surface area contributed by atoms with Crippen LogP contribution < -0.4 is 42.6 Å². The van der Waals surface area contributed by atoms with Gasteiger partial charge in [-0.1, -0.05) is 219 Å². The Morgan fingerprint density at radius 3 is 1.20 bits per heavy atom. The number of hydrogen-bond donors (Lipinski definition) is 0. The summed E-state index contributed by atoms with van der Waals surface area (Å²) in [7, 11) is 0. The number of fused-ring (bicyclic) bond motifs is 6. The molecule has 7 heteroatoms. The average molecular weight is 957 g/mol. The quantitative estimate of drug-likeness (QED) is 0.126. The minimum absolute atomic E-state index is 0.0512. The van der Waals surface area contributed by atoms with Gasteiger partial charge in [-0.2, -0.15) is 0 Å². The van der Waals surface area contributed by atoms with Crippen molar-refractivity contribution in [1.29, 1.82) is 0 Å². The molecule has 0 bridgehead atoms. The first-order chi connectivity index (χ1) is 34.2. The minimum Gasteiger partial charge on any atom is -0.310 e. The molecule has 70 heavy (non-hydrogen) atoms. The van der Waals surface area contributed by atoms with Gasteiger partial charge < -0.3 is 9.80 Å². The number of benzene rings is 9. The third-order valence-corrected chi connectivity index (χ3v) is 17.8. The smallest absolute Gasteiger partial charge is 0.247 e. The number of nitrogens with zero attached hydrogens (tertiary/aromatic N) is 2. The van der Waals surface area contributed by atoms with Crippen LogP contribution in [0.15, 0.2) is 230 Å². The molecule has 3 aliphatic heterocycles. The standard InChI is InChI=1S/C63H54B2N2S3/c1-40(2)43-33-50(41(3)4)62(51(34-43)42(5)6)64-53-32-31-48(66(44-21-11-7-12-22-44)45-23-13-8-14-24-45)35-57(53)69-58-39-59-55(38-54(58)64)65-52-29-19-20-30-56(52)68-60-36-49(37-61(70-59)63(60)65)67(46-25-15-9-16-26-46)47-27-17-10-18-28-47/h7-42H,1-6H3. The molecule has 9 aromatic carbocycles. The van der Waals surface area contributed by atoms with Crippen molar-refractivity contribution in [1.82, 2.24) is 0 Å². The van der Waals surface area contributed by atoms with E-state index >= 15 is 0 Å². The maximum absolute atomic E-state index is 2.66. The molecule has 0 saturated carbocycles. The van der Waals surface area contributed by atoms with Crippen molar-refractivity contribution >= 4 is 116 Å². The first-order valence-corrected chi connectivity index (χ1v) is 27.3. The van der Waals surface area contributed by atoms with Gasteiger partial charge in [-0.05, 0) is 125 Å². The number of anilines is 6. The number of rotatable bonds is 10. The Balaban J connectivity index is 1.09. The fraction of sp³-hybridized carbons (Fsp3) is 0.143. The lowest BCUT2D eigenvalue weighted by atomic mass is 9.32. The van der Waals surface area contributed by atoms with Gasteiger partial charge in [0.15, 0.2) is 0 Å². The summed E-state index contributed by atoms with van der Waals surface area (Å²) in [6.07, 6.45) is 0. The van der Waals surface area contributed by atoms with E-state index < -0.39 is 0 Å². The van der Waals surface area contributed by atoms with Crippen LogP contribution in [0.1, 0.15) is 76.0 Å². The van der Waals surface area contributed by atoms with Crippen molar-refractivity contribution in [3.63, 3.8) is 0 Å². The minimum atomic E-state index is 0.0512. The van der Waals surface area contributed by atoms with Gasteiger partial charge in [-0.25, -0.2) is 0 Å². The van der Waals surface area contributed by atoms with Crippen LogP contribution in [0.4, 0.5) is 34.1 Å². The fourth-order valence-corrected chi connectivity index (χ4v) is 14.8. The van der Waals surface area contributed by atoms with Crippen LogP contribution in [-0.4, -0.2) is 13.4 Å². The molecule has 2 nitrogen and oxygen atoms in total. The van der Waals surface area contributed by atoms with Crippen molar-refractivity contribution in [2.24, 2.45) is 0 Å². The molecule has 0 aliphatic carbocycles. The summed E-state index contributed by atoms with van der Waals surface area (Å²) >= 11 is 5.84.